The minimum Gasteiger partial charge on any atom is -0.507 e. The predicted octanol–water partition coefficient (Wildman–Crippen LogP) is 4.87. The number of benzene rings is 2. The molecule has 1 heterocycles. The molecule has 3 rings (SSSR count). The van der Waals surface area contributed by atoms with Gasteiger partial charge in [-0.25, -0.2) is 0 Å². The normalized spacial score (nSPS) is 17.9. The first kappa shape index (κ1) is 24.3. The molecule has 1 atom stereocenters. The number of carbonyl (C=O) groups is 2. The van der Waals surface area contributed by atoms with E-state index in [0.717, 1.165) is 16.6 Å². The van der Waals surface area contributed by atoms with E-state index in [1.165, 1.54) is 4.90 Å². The van der Waals surface area contributed by atoms with Gasteiger partial charge in [-0.05, 0) is 69.9 Å². The maximum atomic E-state index is 13.1. The van der Waals surface area contributed by atoms with Gasteiger partial charge < -0.3 is 19.6 Å². The van der Waals surface area contributed by atoms with E-state index in [-0.39, 0.29) is 11.3 Å². The summed E-state index contributed by atoms with van der Waals surface area (Å²) >= 11 is 9.75. The number of aliphatic hydroxyl groups excluding tert-OH is 1. The second-order valence-corrected chi connectivity index (χ2v) is 9.11. The average molecular weight is 522 g/mol. The SMILES string of the molecule is CCOc1ccc(/C(O)=C2/C(=O)C(=O)N(CCCN(C)C)C2c2cccc(Br)c2)cc1Cl. The molecular weight excluding hydrogens is 496 g/mol. The van der Waals surface area contributed by atoms with Gasteiger partial charge in [-0.15, -0.1) is 0 Å². The number of hydrogen-bond donors (Lipinski definition) is 1. The van der Waals surface area contributed by atoms with Crippen molar-refractivity contribution in [3.05, 3.63) is 68.7 Å². The molecule has 1 saturated heterocycles. The Morgan fingerprint density at radius 1 is 1.22 bits per heavy atom. The maximum Gasteiger partial charge on any atom is 0.295 e. The summed E-state index contributed by atoms with van der Waals surface area (Å²) in [6, 6.07) is 11.5. The highest BCUT2D eigenvalue weighted by Gasteiger charge is 2.45. The predicted molar refractivity (Wildman–Crippen MR) is 129 cm³/mol. The first-order valence-corrected chi connectivity index (χ1v) is 11.5. The maximum absolute atomic E-state index is 13.1. The van der Waals surface area contributed by atoms with Crippen LogP contribution in [0.5, 0.6) is 5.75 Å². The minimum absolute atomic E-state index is 0.0539. The topological polar surface area (TPSA) is 70.1 Å². The van der Waals surface area contributed by atoms with Crippen LogP contribution in [0.1, 0.15) is 30.5 Å². The number of likely N-dealkylation sites (tertiary alicyclic amines) is 1. The molecule has 32 heavy (non-hydrogen) atoms. The number of halogens is 2. The van der Waals surface area contributed by atoms with Gasteiger partial charge in [0.1, 0.15) is 11.5 Å². The van der Waals surface area contributed by atoms with Crippen molar-refractivity contribution in [2.45, 2.75) is 19.4 Å². The lowest BCUT2D eigenvalue weighted by atomic mass is 9.95. The summed E-state index contributed by atoms with van der Waals surface area (Å²) in [5.74, 6) is -1.10. The number of hydrogen-bond acceptors (Lipinski definition) is 5. The third-order valence-electron chi connectivity index (χ3n) is 5.21. The lowest BCUT2D eigenvalue weighted by Crippen LogP contribution is -2.32. The van der Waals surface area contributed by atoms with Crippen LogP contribution < -0.4 is 4.74 Å². The van der Waals surface area contributed by atoms with Gasteiger partial charge in [0.2, 0.25) is 0 Å². The molecule has 0 aliphatic carbocycles. The summed E-state index contributed by atoms with van der Waals surface area (Å²) in [5.41, 5.74) is 1.14. The van der Waals surface area contributed by atoms with Crippen LogP contribution in [0.25, 0.3) is 5.76 Å². The Hall–Kier alpha value is -2.35. The molecule has 0 aromatic heterocycles. The number of carbonyl (C=O) groups excluding carboxylic acids is 2. The molecule has 1 aliphatic heterocycles. The second kappa shape index (κ2) is 10.5. The van der Waals surface area contributed by atoms with Crippen molar-refractivity contribution in [3.63, 3.8) is 0 Å². The van der Waals surface area contributed by atoms with Crippen LogP contribution in [-0.4, -0.2) is 60.4 Å². The van der Waals surface area contributed by atoms with Gasteiger partial charge in [-0.1, -0.05) is 39.7 Å². The number of ether oxygens (including phenoxy) is 1. The fraction of sp³-hybridized carbons (Fsp3) is 0.333. The van der Waals surface area contributed by atoms with Gasteiger partial charge in [0, 0.05) is 16.6 Å². The number of ketones is 1. The van der Waals surface area contributed by atoms with Gasteiger partial charge in [-0.3, -0.25) is 9.59 Å². The van der Waals surface area contributed by atoms with Gasteiger partial charge >= 0.3 is 0 Å². The molecule has 1 fully saturated rings. The Morgan fingerprint density at radius 3 is 2.59 bits per heavy atom. The average Bonchev–Trinajstić information content (AvgIpc) is 2.99. The van der Waals surface area contributed by atoms with Crippen molar-refractivity contribution < 1.29 is 19.4 Å². The Labute approximate surface area is 201 Å². The van der Waals surface area contributed by atoms with E-state index in [9.17, 15) is 14.7 Å². The lowest BCUT2D eigenvalue weighted by molar-refractivity contribution is -0.139. The zero-order chi connectivity index (χ0) is 23.4. The second-order valence-electron chi connectivity index (χ2n) is 7.78. The number of amides is 1. The van der Waals surface area contributed by atoms with Gasteiger partial charge in [0.05, 0.1) is 23.2 Å². The summed E-state index contributed by atoms with van der Waals surface area (Å²) in [4.78, 5) is 29.6. The van der Waals surface area contributed by atoms with Crippen molar-refractivity contribution in [3.8, 4) is 5.75 Å². The molecule has 8 heteroatoms. The molecule has 2 aromatic carbocycles. The highest BCUT2D eigenvalue weighted by atomic mass is 79.9. The highest BCUT2D eigenvalue weighted by Crippen LogP contribution is 2.40. The van der Waals surface area contributed by atoms with Crippen LogP contribution in [0.2, 0.25) is 5.02 Å². The molecule has 0 bridgehead atoms. The van der Waals surface area contributed by atoms with Gasteiger partial charge in [-0.2, -0.15) is 0 Å². The Balaban J connectivity index is 2.09. The van der Waals surface area contributed by atoms with Crippen molar-refractivity contribution in [1.82, 2.24) is 9.80 Å². The molecule has 1 unspecified atom stereocenters. The van der Waals surface area contributed by atoms with Crippen LogP contribution in [-0.2, 0) is 9.59 Å². The van der Waals surface area contributed by atoms with Crippen LogP contribution in [0.15, 0.2) is 52.5 Å². The quantitative estimate of drug-likeness (QED) is 0.305. The minimum atomic E-state index is -0.706. The van der Waals surface area contributed by atoms with Gasteiger partial charge in [0.15, 0.2) is 0 Å². The van der Waals surface area contributed by atoms with E-state index in [2.05, 4.69) is 15.9 Å². The summed E-state index contributed by atoms with van der Waals surface area (Å²) in [6.07, 6.45) is 0.694. The number of aliphatic hydroxyl groups is 1. The zero-order valence-electron chi connectivity index (χ0n) is 18.3. The Bertz CT molecular complexity index is 1050. The molecule has 6 nitrogen and oxygen atoms in total. The van der Waals surface area contributed by atoms with Crippen LogP contribution in [0.3, 0.4) is 0 Å². The summed E-state index contributed by atoms with van der Waals surface area (Å²) in [5, 5.41) is 11.5. The molecule has 170 valence electrons. The van der Waals surface area contributed by atoms with E-state index in [1.54, 1.807) is 18.2 Å². The number of nitrogens with zero attached hydrogens (tertiary/aromatic N) is 2. The summed E-state index contributed by atoms with van der Waals surface area (Å²) in [7, 11) is 3.91. The third kappa shape index (κ3) is 5.17. The van der Waals surface area contributed by atoms with E-state index in [1.807, 2.05) is 50.2 Å². The fourth-order valence-electron chi connectivity index (χ4n) is 3.77. The molecule has 0 saturated carbocycles. The number of Topliss-reactive ketones (excluding diaryl/α,β-unsaturated/α-hetero) is 1. The first-order chi connectivity index (χ1) is 15.2. The van der Waals surface area contributed by atoms with E-state index in [0.29, 0.717) is 35.9 Å². The Morgan fingerprint density at radius 2 is 1.97 bits per heavy atom. The van der Waals surface area contributed by atoms with Crippen molar-refractivity contribution in [1.29, 1.82) is 0 Å². The lowest BCUT2D eigenvalue weighted by Gasteiger charge is -2.26. The third-order valence-corrected chi connectivity index (χ3v) is 6.00. The number of rotatable bonds is 8. The van der Waals surface area contributed by atoms with Crippen molar-refractivity contribution in [2.75, 3.05) is 33.8 Å². The van der Waals surface area contributed by atoms with E-state index < -0.39 is 17.7 Å². The zero-order valence-corrected chi connectivity index (χ0v) is 20.6. The summed E-state index contributed by atoms with van der Waals surface area (Å²) in [6.45, 7) is 3.45. The largest absolute Gasteiger partial charge is 0.507 e. The molecule has 0 radical (unpaired) electrons. The van der Waals surface area contributed by atoms with Crippen LogP contribution in [0, 0.1) is 0 Å². The van der Waals surface area contributed by atoms with Crippen LogP contribution in [0.4, 0.5) is 0 Å². The summed E-state index contributed by atoms with van der Waals surface area (Å²) < 4.78 is 6.27. The van der Waals surface area contributed by atoms with E-state index >= 15 is 0 Å². The van der Waals surface area contributed by atoms with Gasteiger partial charge in [0.25, 0.3) is 11.7 Å². The van der Waals surface area contributed by atoms with Crippen molar-refractivity contribution >= 4 is 45.0 Å². The molecule has 1 N–H and O–H groups in total. The monoisotopic (exact) mass is 520 g/mol. The fourth-order valence-corrected chi connectivity index (χ4v) is 4.42. The molecule has 0 spiro atoms. The standard InChI is InChI=1S/C24H26BrClN2O4/c1-4-32-19-10-9-16(14-18(19)26)22(29)20-21(15-7-5-8-17(25)13-15)28(24(31)23(20)30)12-6-11-27(2)3/h5,7-10,13-14,21,29H,4,6,11-12H2,1-3H3/b22-20-. The first-order valence-electron chi connectivity index (χ1n) is 10.4. The smallest absolute Gasteiger partial charge is 0.295 e. The van der Waals surface area contributed by atoms with E-state index in [4.69, 9.17) is 16.3 Å². The molecule has 1 amide bonds. The molecule has 2 aromatic rings. The highest BCUT2D eigenvalue weighted by molar-refractivity contribution is 9.10. The molecule has 1 aliphatic rings. The van der Waals surface area contributed by atoms with Crippen LogP contribution >= 0.6 is 27.5 Å². The molecular formula is C24H26BrClN2O4. The van der Waals surface area contributed by atoms with Crippen molar-refractivity contribution in [2.24, 2.45) is 0 Å². The Kier molecular flexibility index (Phi) is 7.98.